The van der Waals surface area contributed by atoms with E-state index in [2.05, 4.69) is 15.9 Å². The molecule has 12 heavy (non-hydrogen) atoms. The third kappa shape index (κ3) is 2.17. The molecule has 0 aliphatic carbocycles. The summed E-state index contributed by atoms with van der Waals surface area (Å²) in [6, 6.07) is 4.30. The Morgan fingerprint density at radius 3 is 2.42 bits per heavy atom. The second-order valence-electron chi connectivity index (χ2n) is 2.51. The van der Waals surface area contributed by atoms with Crippen molar-refractivity contribution in [3.63, 3.8) is 0 Å². The van der Waals surface area contributed by atoms with Gasteiger partial charge in [-0.15, -0.1) is 0 Å². The minimum Gasteiger partial charge on any atom is -0.202 e. The monoisotopic (exact) mass is 254 g/mol. The van der Waals surface area contributed by atoms with E-state index in [1.807, 2.05) is 0 Å². The van der Waals surface area contributed by atoms with Crippen LogP contribution in [0.1, 0.15) is 12.5 Å². The molecule has 0 amide bonds. The Labute approximate surface area is 82.7 Å². The van der Waals surface area contributed by atoms with E-state index < -0.39 is 5.92 Å². The highest BCUT2D eigenvalue weighted by atomic mass is 79.9. The van der Waals surface area contributed by atoms with Gasteiger partial charge in [-0.05, 0) is 12.1 Å². The number of alkyl halides is 2. The Morgan fingerprint density at radius 1 is 1.42 bits per heavy atom. The first-order chi connectivity index (χ1) is 5.41. The standard InChI is InChI=1S/C8H6BrClF2/c1-8(11,12)6-3-2-5(9)4-7(6)10/h2-4H,1H3. The van der Waals surface area contributed by atoms with E-state index in [4.69, 9.17) is 11.6 Å². The molecule has 0 nitrogen and oxygen atoms in total. The lowest BCUT2D eigenvalue weighted by atomic mass is 10.1. The molecule has 0 N–H and O–H groups in total. The fourth-order valence-corrected chi connectivity index (χ4v) is 1.68. The molecular formula is C8H6BrClF2. The van der Waals surface area contributed by atoms with E-state index in [-0.39, 0.29) is 10.6 Å². The van der Waals surface area contributed by atoms with Gasteiger partial charge in [-0.3, -0.25) is 0 Å². The fourth-order valence-electron chi connectivity index (χ4n) is 0.845. The van der Waals surface area contributed by atoms with Crippen molar-refractivity contribution in [3.8, 4) is 0 Å². The highest BCUT2D eigenvalue weighted by molar-refractivity contribution is 9.10. The fraction of sp³-hybridized carbons (Fsp3) is 0.250. The molecule has 4 heteroatoms. The van der Waals surface area contributed by atoms with E-state index in [1.165, 1.54) is 12.1 Å². The second-order valence-corrected chi connectivity index (χ2v) is 3.84. The predicted molar refractivity (Wildman–Crippen MR) is 48.7 cm³/mol. The topological polar surface area (TPSA) is 0 Å². The molecule has 0 aromatic heterocycles. The molecule has 0 saturated carbocycles. The second kappa shape index (κ2) is 3.30. The summed E-state index contributed by atoms with van der Waals surface area (Å²) in [7, 11) is 0. The molecule has 0 spiro atoms. The van der Waals surface area contributed by atoms with Crippen LogP contribution in [0.4, 0.5) is 8.78 Å². The van der Waals surface area contributed by atoms with Crippen LogP contribution in [0.15, 0.2) is 22.7 Å². The largest absolute Gasteiger partial charge is 0.271 e. The molecule has 0 saturated heterocycles. The van der Waals surface area contributed by atoms with Crippen LogP contribution in [0, 0.1) is 0 Å². The number of hydrogen-bond acceptors (Lipinski definition) is 0. The Morgan fingerprint density at radius 2 is 2.00 bits per heavy atom. The summed E-state index contributed by atoms with van der Waals surface area (Å²) in [6.45, 7) is 0.822. The molecule has 0 unspecified atom stereocenters. The highest BCUT2D eigenvalue weighted by Crippen LogP contribution is 2.34. The van der Waals surface area contributed by atoms with Gasteiger partial charge < -0.3 is 0 Å². The predicted octanol–water partition coefficient (Wildman–Crippen LogP) is 4.21. The van der Waals surface area contributed by atoms with Crippen molar-refractivity contribution >= 4 is 27.5 Å². The molecule has 0 atom stereocenters. The molecule has 0 aliphatic rings. The summed E-state index contributed by atoms with van der Waals surface area (Å²) >= 11 is 8.74. The minimum atomic E-state index is -2.88. The van der Waals surface area contributed by atoms with Crippen LogP contribution >= 0.6 is 27.5 Å². The van der Waals surface area contributed by atoms with Crippen LogP contribution in [-0.4, -0.2) is 0 Å². The van der Waals surface area contributed by atoms with Gasteiger partial charge in [0.15, 0.2) is 0 Å². The first kappa shape index (κ1) is 9.93. The van der Waals surface area contributed by atoms with Gasteiger partial charge in [0.05, 0.1) is 5.02 Å². The van der Waals surface area contributed by atoms with E-state index in [0.717, 1.165) is 6.92 Å². The number of halogens is 4. The molecule has 1 aromatic rings. The number of hydrogen-bond donors (Lipinski definition) is 0. The van der Waals surface area contributed by atoms with Crippen molar-refractivity contribution in [2.45, 2.75) is 12.8 Å². The zero-order valence-corrected chi connectivity index (χ0v) is 8.59. The van der Waals surface area contributed by atoms with Gasteiger partial charge in [-0.25, -0.2) is 8.78 Å². The van der Waals surface area contributed by atoms with Crippen molar-refractivity contribution in [1.82, 2.24) is 0 Å². The van der Waals surface area contributed by atoms with Crippen LogP contribution in [0.5, 0.6) is 0 Å². The molecular weight excluding hydrogens is 249 g/mol. The van der Waals surface area contributed by atoms with Crippen LogP contribution in [-0.2, 0) is 5.92 Å². The number of benzene rings is 1. The molecule has 0 radical (unpaired) electrons. The smallest absolute Gasteiger partial charge is 0.202 e. The molecule has 1 aromatic carbocycles. The maximum atomic E-state index is 12.7. The average molecular weight is 255 g/mol. The maximum Gasteiger partial charge on any atom is 0.271 e. The van der Waals surface area contributed by atoms with Gasteiger partial charge >= 0.3 is 0 Å². The van der Waals surface area contributed by atoms with Gasteiger partial charge in [0.1, 0.15) is 0 Å². The molecule has 0 bridgehead atoms. The van der Waals surface area contributed by atoms with Crippen molar-refractivity contribution < 1.29 is 8.78 Å². The Hall–Kier alpha value is -0.150. The molecule has 1 rings (SSSR count). The lowest BCUT2D eigenvalue weighted by Gasteiger charge is -2.11. The Kier molecular flexibility index (Phi) is 2.74. The van der Waals surface area contributed by atoms with Gasteiger partial charge in [-0.2, -0.15) is 0 Å². The lowest BCUT2D eigenvalue weighted by molar-refractivity contribution is 0.0176. The third-order valence-electron chi connectivity index (χ3n) is 1.40. The van der Waals surface area contributed by atoms with Crippen LogP contribution < -0.4 is 0 Å². The quantitative estimate of drug-likeness (QED) is 0.705. The van der Waals surface area contributed by atoms with Gasteiger partial charge in [0, 0.05) is 17.0 Å². The SMILES string of the molecule is CC(F)(F)c1ccc(Br)cc1Cl. The summed E-state index contributed by atoms with van der Waals surface area (Å²) in [4.78, 5) is 0. The zero-order valence-electron chi connectivity index (χ0n) is 6.24. The summed E-state index contributed by atoms with van der Waals surface area (Å²) in [6.07, 6.45) is 0. The summed E-state index contributed by atoms with van der Waals surface area (Å²) in [5.41, 5.74) is -0.146. The van der Waals surface area contributed by atoms with Crippen molar-refractivity contribution in [3.05, 3.63) is 33.3 Å². The van der Waals surface area contributed by atoms with E-state index in [1.54, 1.807) is 6.07 Å². The van der Waals surface area contributed by atoms with Crippen LogP contribution in [0.3, 0.4) is 0 Å². The lowest BCUT2D eigenvalue weighted by Crippen LogP contribution is -2.07. The molecule has 0 fully saturated rings. The number of rotatable bonds is 1. The van der Waals surface area contributed by atoms with Crippen molar-refractivity contribution in [2.75, 3.05) is 0 Å². The third-order valence-corrected chi connectivity index (χ3v) is 2.21. The van der Waals surface area contributed by atoms with Crippen molar-refractivity contribution in [2.24, 2.45) is 0 Å². The van der Waals surface area contributed by atoms with E-state index in [0.29, 0.717) is 4.47 Å². The Balaban J connectivity index is 3.19. The Bertz CT molecular complexity index is 294. The van der Waals surface area contributed by atoms with E-state index in [9.17, 15) is 8.78 Å². The van der Waals surface area contributed by atoms with E-state index >= 15 is 0 Å². The normalized spacial score (nSPS) is 11.8. The first-order valence-corrected chi connectivity index (χ1v) is 4.41. The zero-order chi connectivity index (χ0) is 9.35. The first-order valence-electron chi connectivity index (χ1n) is 3.24. The summed E-state index contributed by atoms with van der Waals surface area (Å²) in [5.74, 6) is -2.88. The van der Waals surface area contributed by atoms with Gasteiger partial charge in [0.2, 0.25) is 0 Å². The summed E-state index contributed by atoms with van der Waals surface area (Å²) < 4.78 is 26.2. The van der Waals surface area contributed by atoms with Crippen LogP contribution in [0.25, 0.3) is 0 Å². The van der Waals surface area contributed by atoms with Crippen molar-refractivity contribution in [1.29, 1.82) is 0 Å². The summed E-state index contributed by atoms with van der Waals surface area (Å²) in [5, 5.41) is 0.0804. The maximum absolute atomic E-state index is 12.7. The molecule has 66 valence electrons. The minimum absolute atomic E-state index is 0.0804. The van der Waals surface area contributed by atoms with Gasteiger partial charge in [-0.1, -0.05) is 33.6 Å². The van der Waals surface area contributed by atoms with Crippen LogP contribution in [0.2, 0.25) is 5.02 Å². The average Bonchev–Trinajstić information content (AvgIpc) is 1.83. The highest BCUT2D eigenvalue weighted by Gasteiger charge is 2.26. The van der Waals surface area contributed by atoms with Gasteiger partial charge in [0.25, 0.3) is 5.92 Å². The molecule has 0 heterocycles. The molecule has 0 aliphatic heterocycles.